The van der Waals surface area contributed by atoms with Crippen molar-refractivity contribution < 1.29 is 4.79 Å². The Bertz CT molecular complexity index is 566. The minimum absolute atomic E-state index is 0. The van der Waals surface area contributed by atoms with Gasteiger partial charge in [0.05, 0.1) is 0 Å². The number of halogens is 1. The molecule has 3 N–H and O–H groups in total. The van der Waals surface area contributed by atoms with Crippen molar-refractivity contribution in [3.63, 3.8) is 0 Å². The summed E-state index contributed by atoms with van der Waals surface area (Å²) in [5.74, 6) is -0.0622. The first kappa shape index (κ1) is 16.6. The molecule has 1 amide bonds. The van der Waals surface area contributed by atoms with Gasteiger partial charge in [-0.2, -0.15) is 0 Å². The summed E-state index contributed by atoms with van der Waals surface area (Å²) in [6.07, 6.45) is 0.327. The van der Waals surface area contributed by atoms with Crippen molar-refractivity contribution in [3.8, 4) is 10.6 Å². The molecule has 0 bridgehead atoms. The normalized spacial score (nSPS) is 11.6. The molecule has 0 aliphatic rings. The molecule has 1 heterocycles. The van der Waals surface area contributed by atoms with E-state index in [1.807, 2.05) is 43.5 Å². The second kappa shape index (κ2) is 7.38. The number of anilines is 1. The molecule has 0 aliphatic heterocycles. The van der Waals surface area contributed by atoms with Crippen molar-refractivity contribution in [1.82, 2.24) is 4.98 Å². The first-order valence-corrected chi connectivity index (χ1v) is 7.00. The van der Waals surface area contributed by atoms with Gasteiger partial charge in [-0.3, -0.25) is 4.79 Å². The number of aryl methyl sites for hydroxylation is 1. The van der Waals surface area contributed by atoms with Crippen molar-refractivity contribution in [2.75, 3.05) is 5.32 Å². The zero-order valence-corrected chi connectivity index (χ0v) is 13.1. The highest BCUT2D eigenvalue weighted by atomic mass is 35.5. The number of thiazole rings is 1. The summed E-state index contributed by atoms with van der Waals surface area (Å²) >= 11 is 1.62. The van der Waals surface area contributed by atoms with Gasteiger partial charge in [-0.25, -0.2) is 4.98 Å². The molecule has 0 radical (unpaired) electrons. The van der Waals surface area contributed by atoms with E-state index in [1.54, 1.807) is 11.3 Å². The molecule has 6 heteroatoms. The molecule has 2 aromatic rings. The van der Waals surface area contributed by atoms with Crippen LogP contribution in [0.4, 0.5) is 5.69 Å². The fourth-order valence-electron chi connectivity index (χ4n) is 1.69. The summed E-state index contributed by atoms with van der Waals surface area (Å²) in [5.41, 5.74) is 8.44. The van der Waals surface area contributed by atoms with Crippen LogP contribution in [0.3, 0.4) is 0 Å². The van der Waals surface area contributed by atoms with Crippen LogP contribution >= 0.6 is 23.7 Å². The highest BCUT2D eigenvalue weighted by molar-refractivity contribution is 7.13. The van der Waals surface area contributed by atoms with Gasteiger partial charge in [0, 0.05) is 34.8 Å². The van der Waals surface area contributed by atoms with E-state index < -0.39 is 0 Å². The maximum atomic E-state index is 11.6. The van der Waals surface area contributed by atoms with Gasteiger partial charge in [-0.15, -0.1) is 23.7 Å². The summed E-state index contributed by atoms with van der Waals surface area (Å²) < 4.78 is 0. The Hall–Kier alpha value is -1.43. The maximum absolute atomic E-state index is 11.6. The molecule has 20 heavy (non-hydrogen) atoms. The van der Waals surface area contributed by atoms with Gasteiger partial charge >= 0.3 is 0 Å². The molecule has 2 rings (SSSR count). The highest BCUT2D eigenvalue weighted by Crippen LogP contribution is 2.24. The lowest BCUT2D eigenvalue weighted by Crippen LogP contribution is -2.23. The Balaban J connectivity index is 0.00000200. The predicted molar refractivity (Wildman–Crippen MR) is 86.4 cm³/mol. The van der Waals surface area contributed by atoms with E-state index in [1.165, 1.54) is 0 Å². The van der Waals surface area contributed by atoms with Crippen molar-refractivity contribution in [1.29, 1.82) is 0 Å². The van der Waals surface area contributed by atoms with Crippen molar-refractivity contribution >= 4 is 35.3 Å². The zero-order chi connectivity index (χ0) is 13.8. The average Bonchev–Trinajstić information content (AvgIpc) is 2.75. The van der Waals surface area contributed by atoms with E-state index in [-0.39, 0.29) is 24.4 Å². The molecule has 0 fully saturated rings. The van der Waals surface area contributed by atoms with Crippen LogP contribution in [0, 0.1) is 6.92 Å². The molecule has 1 aromatic carbocycles. The third-order valence-corrected chi connectivity index (χ3v) is 3.55. The maximum Gasteiger partial charge on any atom is 0.225 e. The fraction of sp³-hybridized carbons (Fsp3) is 0.286. The largest absolute Gasteiger partial charge is 0.327 e. The molecule has 108 valence electrons. The van der Waals surface area contributed by atoms with Crippen molar-refractivity contribution in [2.24, 2.45) is 5.73 Å². The molecule has 1 atom stereocenters. The van der Waals surface area contributed by atoms with Crippen LogP contribution < -0.4 is 11.1 Å². The van der Waals surface area contributed by atoms with Crippen LogP contribution in [0.15, 0.2) is 29.6 Å². The molecular weight excluding hydrogens is 294 g/mol. The van der Waals surface area contributed by atoms with Crippen LogP contribution in [-0.2, 0) is 4.79 Å². The predicted octanol–water partition coefficient (Wildman–Crippen LogP) is 3.22. The Labute approximate surface area is 128 Å². The van der Waals surface area contributed by atoms with Gasteiger partial charge in [0.25, 0.3) is 0 Å². The molecular formula is C14H18ClN3OS. The van der Waals surface area contributed by atoms with Gasteiger partial charge in [0.2, 0.25) is 5.91 Å². The minimum Gasteiger partial charge on any atom is -0.327 e. The monoisotopic (exact) mass is 311 g/mol. The van der Waals surface area contributed by atoms with E-state index in [0.29, 0.717) is 6.42 Å². The van der Waals surface area contributed by atoms with E-state index in [0.717, 1.165) is 22.0 Å². The van der Waals surface area contributed by atoms with Gasteiger partial charge in [-0.1, -0.05) is 0 Å². The van der Waals surface area contributed by atoms with Crippen molar-refractivity contribution in [3.05, 3.63) is 35.3 Å². The number of amides is 1. The summed E-state index contributed by atoms with van der Waals surface area (Å²) in [6, 6.07) is 7.55. The Morgan fingerprint density at radius 2 is 2.05 bits per heavy atom. The molecule has 1 aromatic heterocycles. The van der Waals surface area contributed by atoms with E-state index in [9.17, 15) is 4.79 Å². The van der Waals surface area contributed by atoms with Crippen molar-refractivity contribution in [2.45, 2.75) is 26.3 Å². The minimum atomic E-state index is -0.127. The lowest BCUT2D eigenvalue weighted by Gasteiger charge is -2.07. The number of rotatable bonds is 4. The topological polar surface area (TPSA) is 68.0 Å². The van der Waals surface area contributed by atoms with Crippen LogP contribution in [0.1, 0.15) is 19.0 Å². The Kier molecular flexibility index (Phi) is 6.13. The van der Waals surface area contributed by atoms with E-state index >= 15 is 0 Å². The zero-order valence-electron chi connectivity index (χ0n) is 11.4. The molecule has 0 spiro atoms. The van der Waals surface area contributed by atoms with Gasteiger partial charge in [0.1, 0.15) is 5.01 Å². The number of aromatic nitrogens is 1. The smallest absolute Gasteiger partial charge is 0.225 e. The van der Waals surface area contributed by atoms with E-state index in [2.05, 4.69) is 10.3 Å². The summed E-state index contributed by atoms with van der Waals surface area (Å²) in [6.45, 7) is 3.79. The SMILES string of the molecule is Cc1csc(-c2ccc(NC(=O)CC(C)N)cc2)n1.Cl. The second-order valence-electron chi connectivity index (χ2n) is 4.60. The van der Waals surface area contributed by atoms with Crippen LogP contribution in [-0.4, -0.2) is 16.9 Å². The Morgan fingerprint density at radius 1 is 1.40 bits per heavy atom. The number of benzene rings is 1. The average molecular weight is 312 g/mol. The fourth-order valence-corrected chi connectivity index (χ4v) is 2.49. The quantitative estimate of drug-likeness (QED) is 0.911. The standard InChI is InChI=1S/C14H17N3OS.ClH/c1-9(15)7-13(18)17-12-5-3-11(4-6-12)14-16-10(2)8-19-14;/h3-6,8-9H,7,15H2,1-2H3,(H,17,18);1H. The summed E-state index contributed by atoms with van der Waals surface area (Å²) in [5, 5.41) is 5.83. The van der Waals surface area contributed by atoms with Gasteiger partial charge < -0.3 is 11.1 Å². The lowest BCUT2D eigenvalue weighted by molar-refractivity contribution is -0.116. The molecule has 0 aliphatic carbocycles. The number of hydrogen-bond acceptors (Lipinski definition) is 4. The number of nitrogens with two attached hydrogens (primary N) is 1. The van der Waals surface area contributed by atoms with Crippen LogP contribution in [0.25, 0.3) is 10.6 Å². The van der Waals surface area contributed by atoms with Gasteiger partial charge in [0.15, 0.2) is 0 Å². The Morgan fingerprint density at radius 3 is 2.55 bits per heavy atom. The molecule has 4 nitrogen and oxygen atoms in total. The molecule has 1 unspecified atom stereocenters. The number of carbonyl (C=O) groups excluding carboxylic acids is 1. The number of hydrogen-bond donors (Lipinski definition) is 2. The van der Waals surface area contributed by atoms with Crippen LogP contribution in [0.5, 0.6) is 0 Å². The first-order valence-electron chi connectivity index (χ1n) is 6.12. The lowest BCUT2D eigenvalue weighted by atomic mass is 10.2. The summed E-state index contributed by atoms with van der Waals surface area (Å²) in [7, 11) is 0. The highest BCUT2D eigenvalue weighted by Gasteiger charge is 2.06. The molecule has 0 saturated carbocycles. The van der Waals surface area contributed by atoms with E-state index in [4.69, 9.17) is 5.73 Å². The number of carbonyl (C=O) groups is 1. The number of nitrogens with one attached hydrogen (secondary N) is 1. The third kappa shape index (κ3) is 4.59. The first-order chi connectivity index (χ1) is 9.04. The van der Waals surface area contributed by atoms with Gasteiger partial charge in [-0.05, 0) is 38.1 Å². The second-order valence-corrected chi connectivity index (χ2v) is 5.46. The van der Waals surface area contributed by atoms with Crippen LogP contribution in [0.2, 0.25) is 0 Å². The summed E-state index contributed by atoms with van der Waals surface area (Å²) in [4.78, 5) is 16.0. The third-order valence-electron chi connectivity index (χ3n) is 2.54. The number of nitrogens with zero attached hydrogens (tertiary/aromatic N) is 1. The molecule has 0 saturated heterocycles.